The molecule has 0 spiro atoms. The molecule has 2 fully saturated rings. The zero-order chi connectivity index (χ0) is 18.4. The molecule has 0 bridgehead atoms. The van der Waals surface area contributed by atoms with Gasteiger partial charge in [-0.15, -0.1) is 0 Å². The van der Waals surface area contributed by atoms with Gasteiger partial charge in [0.1, 0.15) is 5.75 Å². The minimum absolute atomic E-state index is 0.478. The third kappa shape index (κ3) is 4.92. The van der Waals surface area contributed by atoms with Crippen molar-refractivity contribution in [1.82, 2.24) is 0 Å². The Morgan fingerprint density at radius 1 is 0.923 bits per heavy atom. The molecule has 0 aromatic heterocycles. The van der Waals surface area contributed by atoms with E-state index in [1.165, 1.54) is 75.3 Å². The molecule has 0 unspecified atom stereocenters. The highest BCUT2D eigenvalue weighted by Gasteiger charge is 2.35. The summed E-state index contributed by atoms with van der Waals surface area (Å²) < 4.78 is 12.6. The summed E-state index contributed by atoms with van der Waals surface area (Å²) in [6, 6.07) is 6.57. The Kier molecular flexibility index (Phi) is 7.62. The van der Waals surface area contributed by atoms with Gasteiger partial charge >= 0.3 is 0 Å². The van der Waals surface area contributed by atoms with Gasteiger partial charge in [-0.2, -0.15) is 0 Å². The molecule has 2 aliphatic rings. The van der Waals surface area contributed by atoms with E-state index < -0.39 is 9.04 Å². The lowest BCUT2D eigenvalue weighted by molar-refractivity contribution is 0.265. The molecule has 145 valence electrons. The van der Waals surface area contributed by atoms with Crippen molar-refractivity contribution in [3.63, 3.8) is 0 Å². The van der Waals surface area contributed by atoms with Crippen LogP contribution in [0, 0.1) is 0 Å². The molecule has 0 saturated heterocycles. The van der Waals surface area contributed by atoms with Gasteiger partial charge in [0.05, 0.1) is 13.7 Å². The van der Waals surface area contributed by atoms with E-state index in [0.29, 0.717) is 5.92 Å². The Balaban J connectivity index is 1.73. The van der Waals surface area contributed by atoms with Gasteiger partial charge in [0.25, 0.3) is 0 Å². The Bertz CT molecular complexity index is 527. The minimum Gasteiger partial charge on any atom is -0.496 e. The van der Waals surface area contributed by atoms with Crippen LogP contribution in [0.5, 0.6) is 5.75 Å². The SMILES string of the molecule is COc1c(CO[Si](C2CCCCC2)C2CCCCC2)cccc1C(C)C. The van der Waals surface area contributed by atoms with E-state index >= 15 is 0 Å². The Morgan fingerprint density at radius 2 is 1.50 bits per heavy atom. The number of benzene rings is 1. The molecular formula is C23H37O2Si. The first-order valence-electron chi connectivity index (χ1n) is 10.9. The van der Waals surface area contributed by atoms with Crippen molar-refractivity contribution in [3.05, 3.63) is 29.3 Å². The number of methoxy groups -OCH3 is 1. The fraction of sp³-hybridized carbons (Fsp3) is 0.739. The number of ether oxygens (including phenoxy) is 1. The quantitative estimate of drug-likeness (QED) is 0.479. The van der Waals surface area contributed by atoms with Crippen molar-refractivity contribution in [2.45, 2.75) is 102 Å². The van der Waals surface area contributed by atoms with Crippen LogP contribution in [0.2, 0.25) is 11.1 Å². The molecular weight excluding hydrogens is 336 g/mol. The zero-order valence-electron chi connectivity index (χ0n) is 17.1. The van der Waals surface area contributed by atoms with Crippen molar-refractivity contribution in [2.24, 2.45) is 0 Å². The number of rotatable bonds is 7. The highest BCUT2D eigenvalue weighted by molar-refractivity contribution is 6.55. The van der Waals surface area contributed by atoms with Gasteiger partial charge < -0.3 is 9.16 Å². The molecule has 2 aliphatic carbocycles. The highest BCUT2D eigenvalue weighted by Crippen LogP contribution is 2.42. The van der Waals surface area contributed by atoms with Crippen LogP contribution in [0.4, 0.5) is 0 Å². The van der Waals surface area contributed by atoms with Crippen molar-refractivity contribution < 1.29 is 9.16 Å². The second-order valence-electron chi connectivity index (χ2n) is 8.56. The molecule has 1 radical (unpaired) electrons. The van der Waals surface area contributed by atoms with Crippen LogP contribution in [-0.4, -0.2) is 16.2 Å². The standard InChI is InChI=1S/C23H37O2Si/c1-18(2)22-16-10-11-19(23(22)24-3)17-25-26(20-12-6-4-7-13-20)21-14-8-5-9-15-21/h10-11,16,18,20-21H,4-9,12-15,17H2,1-3H3. The van der Waals surface area contributed by atoms with Crippen LogP contribution in [0.1, 0.15) is 95.1 Å². The molecule has 0 N–H and O–H groups in total. The molecule has 1 aromatic carbocycles. The van der Waals surface area contributed by atoms with E-state index in [1.807, 2.05) is 0 Å². The van der Waals surface area contributed by atoms with Gasteiger partial charge in [-0.25, -0.2) is 0 Å². The smallest absolute Gasteiger partial charge is 0.218 e. The molecule has 3 rings (SSSR count). The molecule has 0 heterocycles. The summed E-state index contributed by atoms with van der Waals surface area (Å²) in [5.74, 6) is 1.53. The fourth-order valence-corrected chi connectivity index (χ4v) is 8.34. The van der Waals surface area contributed by atoms with Gasteiger partial charge in [0.2, 0.25) is 9.04 Å². The topological polar surface area (TPSA) is 18.5 Å². The van der Waals surface area contributed by atoms with Gasteiger partial charge in [0.15, 0.2) is 0 Å². The number of hydrogen-bond acceptors (Lipinski definition) is 2. The van der Waals surface area contributed by atoms with Crippen molar-refractivity contribution in [3.8, 4) is 5.75 Å². The van der Waals surface area contributed by atoms with Crippen LogP contribution in [0.25, 0.3) is 0 Å². The lowest BCUT2D eigenvalue weighted by Gasteiger charge is -2.35. The molecule has 2 nitrogen and oxygen atoms in total. The maximum Gasteiger partial charge on any atom is 0.218 e. The van der Waals surface area contributed by atoms with Crippen molar-refractivity contribution in [2.75, 3.05) is 7.11 Å². The van der Waals surface area contributed by atoms with Crippen LogP contribution in [0.3, 0.4) is 0 Å². The van der Waals surface area contributed by atoms with Gasteiger partial charge in [0, 0.05) is 5.56 Å². The van der Waals surface area contributed by atoms with E-state index in [0.717, 1.165) is 23.4 Å². The third-order valence-electron chi connectivity index (χ3n) is 6.36. The van der Waals surface area contributed by atoms with E-state index in [2.05, 4.69) is 32.0 Å². The third-order valence-corrected chi connectivity index (χ3v) is 9.60. The fourth-order valence-electron chi connectivity index (χ4n) is 4.93. The molecule has 0 atom stereocenters. The number of hydrogen-bond donors (Lipinski definition) is 0. The number of para-hydroxylation sites is 1. The molecule has 3 heteroatoms. The van der Waals surface area contributed by atoms with Crippen LogP contribution < -0.4 is 4.74 Å². The first-order chi connectivity index (χ1) is 12.7. The zero-order valence-corrected chi connectivity index (χ0v) is 18.1. The highest BCUT2D eigenvalue weighted by atomic mass is 28.3. The predicted octanol–water partition coefficient (Wildman–Crippen LogP) is 7.00. The lowest BCUT2D eigenvalue weighted by Crippen LogP contribution is -2.33. The van der Waals surface area contributed by atoms with Crippen LogP contribution in [0.15, 0.2) is 18.2 Å². The lowest BCUT2D eigenvalue weighted by atomic mass is 9.99. The molecule has 2 saturated carbocycles. The molecule has 1 aromatic rings. The van der Waals surface area contributed by atoms with Gasteiger partial charge in [-0.05, 0) is 22.6 Å². The van der Waals surface area contributed by atoms with Crippen molar-refractivity contribution in [1.29, 1.82) is 0 Å². The predicted molar refractivity (Wildman–Crippen MR) is 111 cm³/mol. The molecule has 26 heavy (non-hydrogen) atoms. The summed E-state index contributed by atoms with van der Waals surface area (Å²) in [5, 5.41) is 0. The Labute approximate surface area is 162 Å². The van der Waals surface area contributed by atoms with Crippen molar-refractivity contribution >= 4 is 9.04 Å². The summed E-state index contributed by atoms with van der Waals surface area (Å²) in [6.07, 6.45) is 14.2. The largest absolute Gasteiger partial charge is 0.496 e. The summed E-state index contributed by atoms with van der Waals surface area (Å²) in [7, 11) is 1.05. The van der Waals surface area contributed by atoms with Crippen LogP contribution in [-0.2, 0) is 11.0 Å². The van der Waals surface area contributed by atoms with E-state index in [9.17, 15) is 0 Å². The normalized spacial score (nSPS) is 20.0. The van der Waals surface area contributed by atoms with E-state index in [1.54, 1.807) is 7.11 Å². The summed E-state index contributed by atoms with van der Waals surface area (Å²) in [5.41, 5.74) is 4.29. The average molecular weight is 374 g/mol. The van der Waals surface area contributed by atoms with E-state index in [4.69, 9.17) is 9.16 Å². The Morgan fingerprint density at radius 3 is 2.00 bits per heavy atom. The summed E-state index contributed by atoms with van der Waals surface area (Å²) in [4.78, 5) is 0. The maximum absolute atomic E-state index is 6.81. The first-order valence-corrected chi connectivity index (χ1v) is 12.4. The molecule has 0 amide bonds. The molecule has 0 aliphatic heterocycles. The first kappa shape index (κ1) is 19.9. The van der Waals surface area contributed by atoms with Gasteiger partial charge in [-0.1, -0.05) is 96.3 Å². The van der Waals surface area contributed by atoms with E-state index in [-0.39, 0.29) is 0 Å². The summed E-state index contributed by atoms with van der Waals surface area (Å²) >= 11 is 0. The maximum atomic E-state index is 6.81. The van der Waals surface area contributed by atoms with Gasteiger partial charge in [-0.3, -0.25) is 0 Å². The summed E-state index contributed by atoms with van der Waals surface area (Å²) in [6.45, 7) is 5.22. The second-order valence-corrected chi connectivity index (χ2v) is 11.3. The average Bonchev–Trinajstić information content (AvgIpc) is 2.69. The monoisotopic (exact) mass is 373 g/mol. The van der Waals surface area contributed by atoms with Crippen LogP contribution >= 0.6 is 0 Å². The Hall–Kier alpha value is -0.803. The second kappa shape index (κ2) is 9.94. The minimum atomic E-state index is -0.756.